The molecule has 25 heavy (non-hydrogen) atoms. The van der Waals surface area contributed by atoms with Gasteiger partial charge in [0.15, 0.2) is 0 Å². The number of benzene rings is 1. The lowest BCUT2D eigenvalue weighted by Crippen LogP contribution is -2.20. The Bertz CT molecular complexity index is 475. The monoisotopic (exact) mass is 344 g/mol. The van der Waals surface area contributed by atoms with E-state index in [2.05, 4.69) is 6.92 Å². The molecule has 0 radical (unpaired) electrons. The lowest BCUT2D eigenvalue weighted by Gasteiger charge is -2.34. The van der Waals surface area contributed by atoms with E-state index in [0.717, 1.165) is 17.8 Å². The largest absolute Gasteiger partial charge is 0.207 e. The van der Waals surface area contributed by atoms with Gasteiger partial charge in [0.1, 0.15) is 5.82 Å². The number of halogens is 1. The standard InChI is InChI=1S/C24H37F/c1-2-3-4-5-19-6-8-20(9-7-19)18-21-10-12-22(13-11-21)23-14-16-24(25)17-15-23/h14-17,19-22H,2-13,18H2,1H3. The Hall–Kier alpha value is -0.850. The first-order chi connectivity index (χ1) is 12.2. The number of unbranched alkanes of at least 4 members (excludes halogenated alkanes) is 2. The van der Waals surface area contributed by atoms with Crippen molar-refractivity contribution < 1.29 is 4.39 Å². The third-order valence-corrected chi connectivity index (χ3v) is 7.04. The van der Waals surface area contributed by atoms with E-state index in [0.29, 0.717) is 5.92 Å². The fraction of sp³-hybridized carbons (Fsp3) is 0.750. The highest BCUT2D eigenvalue weighted by Crippen LogP contribution is 2.41. The van der Waals surface area contributed by atoms with Crippen molar-refractivity contribution in [2.75, 3.05) is 0 Å². The maximum absolute atomic E-state index is 13.1. The summed E-state index contributed by atoms with van der Waals surface area (Å²) in [4.78, 5) is 0. The van der Waals surface area contributed by atoms with E-state index in [4.69, 9.17) is 0 Å². The van der Waals surface area contributed by atoms with Gasteiger partial charge in [-0.25, -0.2) is 4.39 Å². The van der Waals surface area contributed by atoms with E-state index in [1.807, 2.05) is 12.1 Å². The smallest absolute Gasteiger partial charge is 0.123 e. The molecular weight excluding hydrogens is 307 g/mol. The molecule has 1 aromatic rings. The Balaban J connectivity index is 1.35. The predicted octanol–water partition coefficient (Wildman–Crippen LogP) is 7.88. The van der Waals surface area contributed by atoms with Crippen molar-refractivity contribution in [3.8, 4) is 0 Å². The van der Waals surface area contributed by atoms with Crippen LogP contribution in [-0.4, -0.2) is 0 Å². The first-order valence-corrected chi connectivity index (χ1v) is 11.0. The van der Waals surface area contributed by atoms with Gasteiger partial charge >= 0.3 is 0 Å². The summed E-state index contributed by atoms with van der Waals surface area (Å²) in [5.74, 6) is 3.57. The van der Waals surface area contributed by atoms with Crippen molar-refractivity contribution in [3.63, 3.8) is 0 Å². The Morgan fingerprint density at radius 1 is 0.760 bits per heavy atom. The minimum Gasteiger partial charge on any atom is -0.207 e. The molecule has 0 aromatic heterocycles. The molecule has 140 valence electrons. The molecular formula is C24H37F. The van der Waals surface area contributed by atoms with Gasteiger partial charge in [-0.2, -0.15) is 0 Å². The van der Waals surface area contributed by atoms with Crippen LogP contribution in [0, 0.1) is 23.6 Å². The van der Waals surface area contributed by atoms with Crippen molar-refractivity contribution in [3.05, 3.63) is 35.6 Å². The second-order valence-corrected chi connectivity index (χ2v) is 8.89. The molecule has 0 aliphatic heterocycles. The molecule has 0 saturated heterocycles. The minimum absolute atomic E-state index is 0.109. The molecule has 0 spiro atoms. The Morgan fingerprint density at radius 3 is 1.92 bits per heavy atom. The van der Waals surface area contributed by atoms with Gasteiger partial charge in [-0.15, -0.1) is 0 Å². The zero-order valence-corrected chi connectivity index (χ0v) is 16.2. The molecule has 0 amide bonds. The molecule has 1 aromatic carbocycles. The van der Waals surface area contributed by atoms with Crippen molar-refractivity contribution in [1.82, 2.24) is 0 Å². The highest BCUT2D eigenvalue weighted by atomic mass is 19.1. The molecule has 2 fully saturated rings. The van der Waals surface area contributed by atoms with Crippen LogP contribution in [0.5, 0.6) is 0 Å². The van der Waals surface area contributed by atoms with Gasteiger partial charge in [0.2, 0.25) is 0 Å². The van der Waals surface area contributed by atoms with Crippen LogP contribution in [-0.2, 0) is 0 Å². The van der Waals surface area contributed by atoms with Gasteiger partial charge in [-0.05, 0) is 73.5 Å². The van der Waals surface area contributed by atoms with E-state index < -0.39 is 0 Å². The van der Waals surface area contributed by atoms with Crippen molar-refractivity contribution in [2.24, 2.45) is 17.8 Å². The lowest BCUT2D eigenvalue weighted by molar-refractivity contribution is 0.199. The van der Waals surface area contributed by atoms with Crippen LogP contribution in [0.2, 0.25) is 0 Å². The Kier molecular flexibility index (Phi) is 7.37. The molecule has 0 unspecified atom stereocenters. The first-order valence-electron chi connectivity index (χ1n) is 11.0. The Labute approximate surface area is 154 Å². The van der Waals surface area contributed by atoms with Crippen LogP contribution in [0.3, 0.4) is 0 Å². The average molecular weight is 345 g/mol. The SMILES string of the molecule is CCCCCC1CCC(CC2CCC(c3ccc(F)cc3)CC2)CC1. The van der Waals surface area contributed by atoms with Gasteiger partial charge in [0.25, 0.3) is 0 Å². The van der Waals surface area contributed by atoms with Crippen LogP contribution < -0.4 is 0 Å². The molecule has 2 aliphatic carbocycles. The van der Waals surface area contributed by atoms with Crippen LogP contribution in [0.4, 0.5) is 4.39 Å². The molecule has 0 atom stereocenters. The zero-order chi connectivity index (χ0) is 17.5. The van der Waals surface area contributed by atoms with Crippen molar-refractivity contribution >= 4 is 0 Å². The van der Waals surface area contributed by atoms with Crippen molar-refractivity contribution in [1.29, 1.82) is 0 Å². The highest BCUT2D eigenvalue weighted by Gasteiger charge is 2.27. The molecule has 0 bridgehead atoms. The van der Waals surface area contributed by atoms with Crippen LogP contribution in [0.25, 0.3) is 0 Å². The summed E-state index contributed by atoms with van der Waals surface area (Å²) in [6.45, 7) is 2.31. The maximum atomic E-state index is 13.1. The van der Waals surface area contributed by atoms with Crippen LogP contribution >= 0.6 is 0 Å². The van der Waals surface area contributed by atoms with E-state index in [1.54, 1.807) is 12.1 Å². The maximum Gasteiger partial charge on any atom is 0.123 e. The number of hydrogen-bond acceptors (Lipinski definition) is 0. The summed E-state index contributed by atoms with van der Waals surface area (Å²) in [6.07, 6.45) is 18.6. The van der Waals surface area contributed by atoms with Crippen LogP contribution in [0.1, 0.15) is 102 Å². The first kappa shape index (κ1) is 18.9. The number of rotatable bonds is 7. The molecule has 0 nitrogen and oxygen atoms in total. The van der Waals surface area contributed by atoms with Gasteiger partial charge in [-0.1, -0.05) is 70.4 Å². The quantitative estimate of drug-likeness (QED) is 0.441. The molecule has 2 aliphatic rings. The van der Waals surface area contributed by atoms with Gasteiger partial charge in [-0.3, -0.25) is 0 Å². The van der Waals surface area contributed by atoms with Gasteiger partial charge in [0, 0.05) is 0 Å². The summed E-state index contributed by atoms with van der Waals surface area (Å²) >= 11 is 0. The third-order valence-electron chi connectivity index (χ3n) is 7.04. The highest BCUT2D eigenvalue weighted by molar-refractivity contribution is 5.20. The third kappa shape index (κ3) is 5.83. The summed E-state index contributed by atoms with van der Waals surface area (Å²) in [5.41, 5.74) is 1.35. The topological polar surface area (TPSA) is 0 Å². The Morgan fingerprint density at radius 2 is 1.32 bits per heavy atom. The van der Waals surface area contributed by atoms with Crippen LogP contribution in [0.15, 0.2) is 24.3 Å². The lowest BCUT2D eigenvalue weighted by atomic mass is 9.71. The van der Waals surface area contributed by atoms with E-state index in [1.165, 1.54) is 89.0 Å². The fourth-order valence-electron chi connectivity index (χ4n) is 5.38. The molecule has 0 N–H and O–H groups in total. The zero-order valence-electron chi connectivity index (χ0n) is 16.2. The van der Waals surface area contributed by atoms with Gasteiger partial charge in [0.05, 0.1) is 0 Å². The second kappa shape index (κ2) is 9.74. The molecule has 3 rings (SSSR count). The molecule has 1 heteroatoms. The summed E-state index contributed by atoms with van der Waals surface area (Å²) < 4.78 is 13.1. The van der Waals surface area contributed by atoms with E-state index in [-0.39, 0.29) is 5.82 Å². The number of hydrogen-bond donors (Lipinski definition) is 0. The van der Waals surface area contributed by atoms with Gasteiger partial charge < -0.3 is 0 Å². The predicted molar refractivity (Wildman–Crippen MR) is 105 cm³/mol. The van der Waals surface area contributed by atoms with Crippen molar-refractivity contribution in [2.45, 2.75) is 96.3 Å². The molecule has 0 heterocycles. The fourth-order valence-corrected chi connectivity index (χ4v) is 5.38. The van der Waals surface area contributed by atoms with E-state index >= 15 is 0 Å². The summed E-state index contributed by atoms with van der Waals surface area (Å²) in [6, 6.07) is 7.25. The summed E-state index contributed by atoms with van der Waals surface area (Å²) in [5, 5.41) is 0. The summed E-state index contributed by atoms with van der Waals surface area (Å²) in [7, 11) is 0. The minimum atomic E-state index is -0.109. The average Bonchev–Trinajstić information content (AvgIpc) is 2.65. The second-order valence-electron chi connectivity index (χ2n) is 8.89. The van der Waals surface area contributed by atoms with E-state index in [9.17, 15) is 4.39 Å². The molecule has 2 saturated carbocycles. The normalized spacial score (nSPS) is 30.3.